The van der Waals surface area contributed by atoms with Crippen LogP contribution in [0.25, 0.3) is 0 Å². The van der Waals surface area contributed by atoms with Crippen molar-refractivity contribution in [1.29, 1.82) is 0 Å². The Morgan fingerprint density at radius 1 is 1.27 bits per heavy atom. The Morgan fingerprint density at radius 3 is 2.77 bits per heavy atom. The number of amides is 1. The summed E-state index contributed by atoms with van der Waals surface area (Å²) in [6.45, 7) is 9.56. The van der Waals surface area contributed by atoms with E-state index in [-0.39, 0.29) is 5.92 Å². The number of aromatic nitrogens is 1. The van der Waals surface area contributed by atoms with Gasteiger partial charge in [-0.1, -0.05) is 32.0 Å². The van der Waals surface area contributed by atoms with E-state index in [2.05, 4.69) is 36.3 Å². The molecule has 2 heterocycles. The number of hydrogen-bond acceptors (Lipinski definition) is 5. The Morgan fingerprint density at radius 2 is 2.03 bits per heavy atom. The molecule has 1 aliphatic carbocycles. The van der Waals surface area contributed by atoms with E-state index in [1.165, 1.54) is 31.5 Å². The van der Waals surface area contributed by atoms with Gasteiger partial charge >= 0.3 is 0 Å². The fraction of sp³-hybridized carbons (Fsp3) is 0.583. The molecule has 0 radical (unpaired) electrons. The SMILES string of the molecule is CC(C)c1ccccc1OCc1nc(CN(CCN2CCCC2)C(=O)C2CC2)cs1. The average Bonchev–Trinajstić information content (AvgIpc) is 3.28. The van der Waals surface area contributed by atoms with Crippen LogP contribution in [-0.2, 0) is 17.9 Å². The molecule has 2 aliphatic rings. The van der Waals surface area contributed by atoms with Gasteiger partial charge in [0.1, 0.15) is 17.4 Å². The van der Waals surface area contributed by atoms with E-state index in [4.69, 9.17) is 9.72 Å². The topological polar surface area (TPSA) is 45.7 Å². The Balaban J connectivity index is 1.35. The molecule has 5 nitrogen and oxygen atoms in total. The van der Waals surface area contributed by atoms with Gasteiger partial charge in [0, 0.05) is 24.4 Å². The first kappa shape index (κ1) is 21.3. The molecule has 4 rings (SSSR count). The Hall–Kier alpha value is -1.92. The smallest absolute Gasteiger partial charge is 0.226 e. The third-order valence-electron chi connectivity index (χ3n) is 5.97. The van der Waals surface area contributed by atoms with Crippen LogP contribution in [-0.4, -0.2) is 46.9 Å². The number of hydrogen-bond donors (Lipinski definition) is 0. The molecule has 1 aliphatic heterocycles. The number of rotatable bonds is 10. The molecule has 162 valence electrons. The number of ether oxygens (including phenoxy) is 1. The van der Waals surface area contributed by atoms with Crippen molar-refractivity contribution in [3.8, 4) is 5.75 Å². The zero-order valence-corrected chi connectivity index (χ0v) is 19.0. The predicted octanol–water partition coefficient (Wildman–Crippen LogP) is 4.68. The van der Waals surface area contributed by atoms with E-state index < -0.39 is 0 Å². The molecule has 0 N–H and O–H groups in total. The standard InChI is InChI=1S/C24H33N3O2S/c1-18(2)21-7-3-4-8-22(21)29-16-23-25-20(17-30-23)15-27(24(28)19-9-10-19)14-13-26-11-5-6-12-26/h3-4,7-8,17-19H,5-6,9-16H2,1-2H3. The molecule has 0 spiro atoms. The molecule has 1 aromatic heterocycles. The van der Waals surface area contributed by atoms with Crippen molar-refractivity contribution in [2.75, 3.05) is 26.2 Å². The van der Waals surface area contributed by atoms with Crippen molar-refractivity contribution in [2.45, 2.75) is 58.6 Å². The molecule has 1 saturated heterocycles. The van der Waals surface area contributed by atoms with Gasteiger partial charge in [-0.15, -0.1) is 11.3 Å². The Bertz CT molecular complexity index is 840. The van der Waals surface area contributed by atoms with Gasteiger partial charge in [-0.25, -0.2) is 4.98 Å². The van der Waals surface area contributed by atoms with Crippen LogP contribution in [0.2, 0.25) is 0 Å². The summed E-state index contributed by atoms with van der Waals surface area (Å²) in [7, 11) is 0. The van der Waals surface area contributed by atoms with Crippen molar-refractivity contribution in [3.05, 3.63) is 45.9 Å². The number of carbonyl (C=O) groups excluding carboxylic acids is 1. The van der Waals surface area contributed by atoms with Gasteiger partial charge in [0.2, 0.25) is 5.91 Å². The molecule has 1 saturated carbocycles. The Kier molecular flexibility index (Phi) is 7.05. The van der Waals surface area contributed by atoms with Crippen LogP contribution in [0, 0.1) is 5.92 Å². The molecule has 30 heavy (non-hydrogen) atoms. The van der Waals surface area contributed by atoms with Gasteiger partial charge in [-0.05, 0) is 56.3 Å². The number of likely N-dealkylation sites (tertiary alicyclic amines) is 1. The average molecular weight is 428 g/mol. The van der Waals surface area contributed by atoms with Crippen molar-refractivity contribution in [1.82, 2.24) is 14.8 Å². The van der Waals surface area contributed by atoms with E-state index in [9.17, 15) is 4.79 Å². The maximum atomic E-state index is 12.8. The van der Waals surface area contributed by atoms with E-state index >= 15 is 0 Å². The number of nitrogens with zero attached hydrogens (tertiary/aromatic N) is 3. The summed E-state index contributed by atoms with van der Waals surface area (Å²) in [5.41, 5.74) is 2.20. The molecule has 0 atom stereocenters. The highest BCUT2D eigenvalue weighted by molar-refractivity contribution is 7.09. The van der Waals surface area contributed by atoms with Crippen LogP contribution in [0.1, 0.15) is 61.7 Å². The third kappa shape index (κ3) is 5.61. The number of thiazole rings is 1. The number of para-hydroxylation sites is 1. The van der Waals surface area contributed by atoms with Gasteiger partial charge in [0.15, 0.2) is 0 Å². The van der Waals surface area contributed by atoms with Gasteiger partial charge in [0.25, 0.3) is 0 Å². The van der Waals surface area contributed by atoms with E-state index in [0.29, 0.717) is 25.0 Å². The third-order valence-corrected chi connectivity index (χ3v) is 6.84. The summed E-state index contributed by atoms with van der Waals surface area (Å²) >= 11 is 1.62. The highest BCUT2D eigenvalue weighted by Gasteiger charge is 2.33. The van der Waals surface area contributed by atoms with Crippen molar-refractivity contribution < 1.29 is 9.53 Å². The first-order chi connectivity index (χ1) is 14.6. The van der Waals surface area contributed by atoms with Crippen molar-refractivity contribution in [2.24, 2.45) is 5.92 Å². The predicted molar refractivity (Wildman–Crippen MR) is 121 cm³/mol. The highest BCUT2D eigenvalue weighted by atomic mass is 32.1. The Labute approximate surface area is 184 Å². The minimum absolute atomic E-state index is 0.248. The largest absolute Gasteiger partial charge is 0.486 e. The molecular weight excluding hydrogens is 394 g/mol. The van der Waals surface area contributed by atoms with Crippen molar-refractivity contribution >= 4 is 17.2 Å². The molecule has 2 fully saturated rings. The van der Waals surface area contributed by atoms with Gasteiger partial charge in [-0.2, -0.15) is 0 Å². The van der Waals surface area contributed by atoms with Gasteiger partial charge in [-0.3, -0.25) is 4.79 Å². The number of carbonyl (C=O) groups is 1. The zero-order valence-electron chi connectivity index (χ0n) is 18.2. The maximum Gasteiger partial charge on any atom is 0.226 e. The maximum absolute atomic E-state index is 12.8. The highest BCUT2D eigenvalue weighted by Crippen LogP contribution is 2.32. The molecule has 1 aromatic carbocycles. The number of benzene rings is 1. The minimum atomic E-state index is 0.248. The fourth-order valence-corrected chi connectivity index (χ4v) is 4.73. The lowest BCUT2D eigenvalue weighted by molar-refractivity contribution is -0.133. The van der Waals surface area contributed by atoms with Crippen LogP contribution < -0.4 is 4.74 Å². The second kappa shape index (κ2) is 9.92. The van der Waals surface area contributed by atoms with Gasteiger partial charge < -0.3 is 14.5 Å². The quantitative estimate of drug-likeness (QED) is 0.552. The van der Waals surface area contributed by atoms with Gasteiger partial charge in [0.05, 0.1) is 12.2 Å². The van der Waals surface area contributed by atoms with Crippen molar-refractivity contribution in [3.63, 3.8) is 0 Å². The van der Waals surface area contributed by atoms with E-state index in [0.717, 1.165) is 42.4 Å². The van der Waals surface area contributed by atoms with Crippen LogP contribution in [0.15, 0.2) is 29.6 Å². The summed E-state index contributed by atoms with van der Waals surface area (Å²) in [5.74, 6) is 1.91. The second-order valence-electron chi connectivity index (χ2n) is 8.80. The molecule has 1 amide bonds. The molecule has 2 aromatic rings. The van der Waals surface area contributed by atoms with Crippen LogP contribution >= 0.6 is 11.3 Å². The second-order valence-corrected chi connectivity index (χ2v) is 9.74. The lowest BCUT2D eigenvalue weighted by Gasteiger charge is -2.25. The van der Waals surface area contributed by atoms with E-state index in [1.807, 2.05) is 17.0 Å². The first-order valence-electron chi connectivity index (χ1n) is 11.3. The molecule has 0 unspecified atom stereocenters. The fourth-order valence-electron chi connectivity index (χ4n) is 4.04. The zero-order chi connectivity index (χ0) is 20.9. The van der Waals surface area contributed by atoms with Crippen LogP contribution in [0.3, 0.4) is 0 Å². The lowest BCUT2D eigenvalue weighted by Crippen LogP contribution is -2.38. The first-order valence-corrected chi connectivity index (χ1v) is 12.1. The normalized spacial score (nSPS) is 16.9. The minimum Gasteiger partial charge on any atom is -0.486 e. The molecule has 0 bridgehead atoms. The lowest BCUT2D eigenvalue weighted by atomic mass is 10.0. The van der Waals surface area contributed by atoms with Crippen LogP contribution in [0.4, 0.5) is 0 Å². The summed E-state index contributed by atoms with van der Waals surface area (Å²) in [6, 6.07) is 8.21. The van der Waals surface area contributed by atoms with Crippen LogP contribution in [0.5, 0.6) is 5.75 Å². The summed E-state index contributed by atoms with van der Waals surface area (Å²) in [6.07, 6.45) is 4.66. The van der Waals surface area contributed by atoms with E-state index in [1.54, 1.807) is 11.3 Å². The summed E-state index contributed by atoms with van der Waals surface area (Å²) < 4.78 is 6.07. The molecule has 6 heteroatoms. The molecular formula is C24H33N3O2S. The summed E-state index contributed by atoms with van der Waals surface area (Å²) in [5, 5.41) is 3.04. The summed E-state index contributed by atoms with van der Waals surface area (Å²) in [4.78, 5) is 22.1. The monoisotopic (exact) mass is 427 g/mol.